The zero-order chi connectivity index (χ0) is 12.1. The Balaban J connectivity index is 1.76. The van der Waals surface area contributed by atoms with Gasteiger partial charge in [0.1, 0.15) is 0 Å². The fraction of sp³-hybridized carbons (Fsp3) is 0.600. The fourth-order valence-electron chi connectivity index (χ4n) is 2.73. The van der Waals surface area contributed by atoms with Crippen LogP contribution in [0.5, 0.6) is 0 Å². The largest absolute Gasteiger partial charge is 0.393 e. The molecule has 0 saturated heterocycles. The number of rotatable bonds is 4. The molecule has 1 aliphatic rings. The number of hydrogen-bond acceptors (Lipinski definition) is 2. The summed E-state index contributed by atoms with van der Waals surface area (Å²) >= 11 is 0. The van der Waals surface area contributed by atoms with E-state index in [-0.39, 0.29) is 6.10 Å². The van der Waals surface area contributed by atoms with Crippen LogP contribution in [0.1, 0.15) is 31.2 Å². The van der Waals surface area contributed by atoms with E-state index < -0.39 is 0 Å². The molecule has 0 atom stereocenters. The predicted molar refractivity (Wildman–Crippen MR) is 70.7 cm³/mol. The van der Waals surface area contributed by atoms with Crippen molar-refractivity contribution >= 4 is 0 Å². The molecule has 2 heteroatoms. The second-order valence-corrected chi connectivity index (χ2v) is 5.36. The molecule has 1 N–H and O–H groups in total. The Kier molecular flexibility index (Phi) is 4.57. The van der Waals surface area contributed by atoms with Gasteiger partial charge in [0.25, 0.3) is 0 Å². The van der Waals surface area contributed by atoms with Crippen molar-refractivity contribution in [1.82, 2.24) is 4.90 Å². The van der Waals surface area contributed by atoms with Crippen LogP contribution in [0.2, 0.25) is 0 Å². The molecule has 17 heavy (non-hydrogen) atoms. The van der Waals surface area contributed by atoms with Gasteiger partial charge >= 0.3 is 0 Å². The minimum atomic E-state index is -0.0364. The molecule has 0 unspecified atom stereocenters. The number of aliphatic hydroxyl groups excluding tert-OH is 1. The average Bonchev–Trinajstić information content (AvgIpc) is 2.33. The molecule has 2 nitrogen and oxygen atoms in total. The van der Waals surface area contributed by atoms with Crippen molar-refractivity contribution in [3.8, 4) is 0 Å². The van der Waals surface area contributed by atoms with E-state index >= 15 is 0 Å². The molecule has 0 aromatic heterocycles. The highest BCUT2D eigenvalue weighted by Crippen LogP contribution is 2.24. The third-order valence-corrected chi connectivity index (χ3v) is 3.68. The first-order valence-corrected chi connectivity index (χ1v) is 6.64. The van der Waals surface area contributed by atoms with Gasteiger partial charge < -0.3 is 10.0 Å². The maximum Gasteiger partial charge on any atom is 0.0540 e. The molecule has 0 aliphatic heterocycles. The highest BCUT2D eigenvalue weighted by Gasteiger charge is 2.20. The van der Waals surface area contributed by atoms with E-state index in [1.54, 1.807) is 0 Å². The third-order valence-electron chi connectivity index (χ3n) is 3.68. The Morgan fingerprint density at radius 3 is 2.41 bits per heavy atom. The Hall–Kier alpha value is -0.860. The summed E-state index contributed by atoms with van der Waals surface area (Å²) in [6.45, 7) is 2.18. The highest BCUT2D eigenvalue weighted by atomic mass is 16.3. The maximum absolute atomic E-state index is 9.48. The minimum absolute atomic E-state index is 0.0364. The van der Waals surface area contributed by atoms with E-state index in [4.69, 9.17) is 0 Å². The second kappa shape index (κ2) is 6.18. The molecule has 0 amide bonds. The monoisotopic (exact) mass is 233 g/mol. The van der Waals surface area contributed by atoms with Crippen molar-refractivity contribution in [3.05, 3.63) is 35.9 Å². The van der Waals surface area contributed by atoms with Crippen LogP contribution in [-0.4, -0.2) is 29.7 Å². The van der Waals surface area contributed by atoms with Crippen molar-refractivity contribution in [3.63, 3.8) is 0 Å². The van der Waals surface area contributed by atoms with Gasteiger partial charge in [-0.1, -0.05) is 30.3 Å². The molecule has 2 rings (SSSR count). The molecule has 0 heterocycles. The van der Waals surface area contributed by atoms with E-state index in [1.165, 1.54) is 18.4 Å². The van der Waals surface area contributed by atoms with E-state index in [2.05, 4.69) is 42.3 Å². The summed E-state index contributed by atoms with van der Waals surface area (Å²) in [5, 5.41) is 9.48. The lowest BCUT2D eigenvalue weighted by atomic mass is 9.87. The van der Waals surface area contributed by atoms with Crippen LogP contribution in [0.25, 0.3) is 0 Å². The first kappa shape index (κ1) is 12.6. The van der Waals surface area contributed by atoms with Crippen molar-refractivity contribution in [2.75, 3.05) is 13.6 Å². The Morgan fingerprint density at radius 2 is 1.76 bits per heavy atom. The van der Waals surface area contributed by atoms with Gasteiger partial charge in [0.2, 0.25) is 0 Å². The first-order valence-electron chi connectivity index (χ1n) is 6.64. The van der Waals surface area contributed by atoms with Gasteiger partial charge in [0.05, 0.1) is 6.10 Å². The summed E-state index contributed by atoms with van der Waals surface area (Å²) in [6, 6.07) is 10.6. The van der Waals surface area contributed by atoms with Gasteiger partial charge in [-0.05, 0) is 44.2 Å². The SMILES string of the molecule is CN(Cc1ccccc1)CC1CCC(O)CC1. The van der Waals surface area contributed by atoms with Crippen LogP contribution in [0, 0.1) is 5.92 Å². The van der Waals surface area contributed by atoms with Gasteiger partial charge in [-0.15, -0.1) is 0 Å². The van der Waals surface area contributed by atoms with E-state index in [0.717, 1.165) is 31.8 Å². The molecule has 94 valence electrons. The van der Waals surface area contributed by atoms with Gasteiger partial charge in [-0.25, -0.2) is 0 Å². The molecule has 1 saturated carbocycles. The Morgan fingerprint density at radius 1 is 1.12 bits per heavy atom. The van der Waals surface area contributed by atoms with E-state index in [0.29, 0.717) is 0 Å². The summed E-state index contributed by atoms with van der Waals surface area (Å²) in [5.74, 6) is 0.770. The molecule has 0 spiro atoms. The van der Waals surface area contributed by atoms with Gasteiger partial charge in [-0.2, -0.15) is 0 Å². The van der Waals surface area contributed by atoms with Crippen molar-refractivity contribution < 1.29 is 5.11 Å². The number of hydrogen-bond donors (Lipinski definition) is 1. The van der Waals surface area contributed by atoms with Gasteiger partial charge in [0, 0.05) is 13.1 Å². The van der Waals surface area contributed by atoms with Crippen molar-refractivity contribution in [2.24, 2.45) is 5.92 Å². The lowest BCUT2D eigenvalue weighted by molar-refractivity contribution is 0.0968. The molecule has 0 bridgehead atoms. The van der Waals surface area contributed by atoms with Crippen LogP contribution in [0.15, 0.2) is 30.3 Å². The lowest BCUT2D eigenvalue weighted by Gasteiger charge is -2.29. The van der Waals surface area contributed by atoms with Crippen LogP contribution in [0.3, 0.4) is 0 Å². The number of benzene rings is 1. The molecule has 1 aromatic carbocycles. The van der Waals surface area contributed by atoms with Gasteiger partial charge in [0.15, 0.2) is 0 Å². The molecular weight excluding hydrogens is 210 g/mol. The predicted octanol–water partition coefficient (Wildman–Crippen LogP) is 2.67. The summed E-state index contributed by atoms with van der Waals surface area (Å²) in [5.41, 5.74) is 1.38. The summed E-state index contributed by atoms with van der Waals surface area (Å²) < 4.78 is 0. The smallest absolute Gasteiger partial charge is 0.0540 e. The van der Waals surface area contributed by atoms with Gasteiger partial charge in [-0.3, -0.25) is 0 Å². The van der Waals surface area contributed by atoms with Crippen LogP contribution in [0.4, 0.5) is 0 Å². The zero-order valence-corrected chi connectivity index (χ0v) is 10.7. The van der Waals surface area contributed by atoms with E-state index in [9.17, 15) is 5.11 Å². The van der Waals surface area contributed by atoms with Crippen LogP contribution >= 0.6 is 0 Å². The molecule has 0 radical (unpaired) electrons. The van der Waals surface area contributed by atoms with Crippen LogP contribution < -0.4 is 0 Å². The Labute approximate surface area is 104 Å². The maximum atomic E-state index is 9.48. The van der Waals surface area contributed by atoms with Crippen molar-refractivity contribution in [2.45, 2.75) is 38.3 Å². The molecule has 1 aromatic rings. The first-order chi connectivity index (χ1) is 8.24. The number of nitrogens with zero attached hydrogens (tertiary/aromatic N) is 1. The summed E-state index contributed by atoms with van der Waals surface area (Å²) in [4.78, 5) is 2.40. The quantitative estimate of drug-likeness (QED) is 0.864. The normalized spacial score (nSPS) is 25.1. The fourth-order valence-corrected chi connectivity index (χ4v) is 2.73. The number of aliphatic hydroxyl groups is 1. The lowest BCUT2D eigenvalue weighted by Crippen LogP contribution is -2.29. The molecular formula is C15H23NO. The molecule has 1 aliphatic carbocycles. The topological polar surface area (TPSA) is 23.5 Å². The summed E-state index contributed by atoms with van der Waals surface area (Å²) in [7, 11) is 2.19. The Bertz CT molecular complexity index is 317. The third kappa shape index (κ3) is 4.14. The summed E-state index contributed by atoms with van der Waals surface area (Å²) in [6.07, 6.45) is 4.31. The zero-order valence-electron chi connectivity index (χ0n) is 10.7. The van der Waals surface area contributed by atoms with E-state index in [1.807, 2.05) is 0 Å². The van der Waals surface area contributed by atoms with Crippen LogP contribution in [-0.2, 0) is 6.54 Å². The highest BCUT2D eigenvalue weighted by molar-refractivity contribution is 5.14. The molecule has 1 fully saturated rings. The van der Waals surface area contributed by atoms with Crippen molar-refractivity contribution in [1.29, 1.82) is 0 Å². The second-order valence-electron chi connectivity index (χ2n) is 5.36. The standard InChI is InChI=1S/C15H23NO/c1-16(11-13-5-3-2-4-6-13)12-14-7-9-15(17)10-8-14/h2-6,14-15,17H,7-12H2,1H3. The average molecular weight is 233 g/mol. The minimum Gasteiger partial charge on any atom is -0.393 e.